The normalized spacial score (nSPS) is 13.4. The van der Waals surface area contributed by atoms with Crippen LogP contribution in [0, 0.1) is 0 Å². The first-order chi connectivity index (χ1) is 11.5. The smallest absolute Gasteiger partial charge is 0.336 e. The number of phenolic OH excluding ortho intramolecular Hbond substituents is 1. The molecule has 0 unspecified atom stereocenters. The summed E-state index contributed by atoms with van der Waals surface area (Å²) in [5, 5.41) is 18.4. The molecule has 0 bridgehead atoms. The molecule has 0 saturated carbocycles. The Labute approximate surface area is 137 Å². The van der Waals surface area contributed by atoms with Gasteiger partial charge < -0.3 is 14.9 Å². The number of ether oxygens (including phenoxy) is 1. The largest absolute Gasteiger partial charge is 0.507 e. The number of ketones is 1. The van der Waals surface area contributed by atoms with Gasteiger partial charge in [-0.25, -0.2) is 9.59 Å². The van der Waals surface area contributed by atoms with Gasteiger partial charge in [-0.1, -0.05) is 30.4 Å². The third kappa shape index (κ3) is 4.54. The lowest BCUT2D eigenvalue weighted by atomic mass is 10.0. The van der Waals surface area contributed by atoms with Gasteiger partial charge in [-0.2, -0.15) is 0 Å². The molecule has 1 aliphatic carbocycles. The second kappa shape index (κ2) is 7.73. The van der Waals surface area contributed by atoms with Gasteiger partial charge in [-0.3, -0.25) is 4.79 Å². The van der Waals surface area contributed by atoms with Crippen molar-refractivity contribution in [1.82, 2.24) is 0 Å². The lowest BCUT2D eigenvalue weighted by Crippen LogP contribution is -2.06. The zero-order chi connectivity index (χ0) is 17.5. The first-order valence-corrected chi connectivity index (χ1v) is 7.01. The predicted octanol–water partition coefficient (Wildman–Crippen LogP) is 2.56. The molecular weight excluding hydrogens is 312 g/mol. The molecular formula is C18H14O6. The van der Waals surface area contributed by atoms with E-state index >= 15 is 0 Å². The first-order valence-electron chi connectivity index (χ1n) is 7.01. The number of carboxylic acids is 1. The van der Waals surface area contributed by atoms with E-state index in [-0.39, 0.29) is 22.8 Å². The fourth-order valence-corrected chi connectivity index (χ4v) is 1.94. The number of aliphatic carboxylic acids is 1. The SMILES string of the molecule is O=C(O)/C=C\C(=O)Oc1ccc(C(=O)C2=CC=CCC=C2)c(O)c1. The maximum Gasteiger partial charge on any atom is 0.336 e. The number of allylic oxidation sites excluding steroid dienone is 6. The standard InChI is InChI=1S/C18H14O6/c19-15-11-13(24-17(22)10-9-16(20)21)7-8-14(15)18(23)12-5-3-1-2-4-6-12/h1,3-11,19H,2H2,(H,20,21)/b10-9-. The molecule has 2 N–H and O–H groups in total. The van der Waals surface area contributed by atoms with Crippen molar-refractivity contribution in [3.8, 4) is 11.5 Å². The van der Waals surface area contributed by atoms with Gasteiger partial charge in [0.15, 0.2) is 5.78 Å². The van der Waals surface area contributed by atoms with E-state index in [2.05, 4.69) is 0 Å². The summed E-state index contributed by atoms with van der Waals surface area (Å²) >= 11 is 0. The van der Waals surface area contributed by atoms with Crippen LogP contribution in [0.5, 0.6) is 11.5 Å². The van der Waals surface area contributed by atoms with Crippen molar-refractivity contribution in [2.24, 2.45) is 0 Å². The average Bonchev–Trinajstić information content (AvgIpc) is 2.82. The van der Waals surface area contributed by atoms with E-state index < -0.39 is 11.9 Å². The van der Waals surface area contributed by atoms with Crippen molar-refractivity contribution in [1.29, 1.82) is 0 Å². The fraction of sp³-hybridized carbons (Fsp3) is 0.0556. The summed E-state index contributed by atoms with van der Waals surface area (Å²) < 4.78 is 4.85. The van der Waals surface area contributed by atoms with Crippen molar-refractivity contribution < 1.29 is 29.3 Å². The first kappa shape index (κ1) is 17.0. The quantitative estimate of drug-likeness (QED) is 0.373. The summed E-state index contributed by atoms with van der Waals surface area (Å²) in [7, 11) is 0. The van der Waals surface area contributed by atoms with E-state index in [9.17, 15) is 19.5 Å². The number of esters is 1. The molecule has 1 aromatic rings. The number of phenols is 1. The minimum atomic E-state index is -1.28. The minimum absolute atomic E-state index is 0.00521. The molecule has 6 nitrogen and oxygen atoms in total. The summed E-state index contributed by atoms with van der Waals surface area (Å²) in [6.07, 6.45) is 10.9. The summed E-state index contributed by atoms with van der Waals surface area (Å²) in [5.74, 6) is -2.90. The van der Waals surface area contributed by atoms with Crippen molar-refractivity contribution in [3.05, 3.63) is 71.9 Å². The van der Waals surface area contributed by atoms with Gasteiger partial charge in [0.1, 0.15) is 11.5 Å². The topological polar surface area (TPSA) is 101 Å². The highest BCUT2D eigenvalue weighted by atomic mass is 16.5. The van der Waals surface area contributed by atoms with Gasteiger partial charge in [0.25, 0.3) is 0 Å². The van der Waals surface area contributed by atoms with Crippen molar-refractivity contribution in [2.45, 2.75) is 6.42 Å². The van der Waals surface area contributed by atoms with Crippen LogP contribution < -0.4 is 4.74 Å². The number of benzene rings is 1. The van der Waals surface area contributed by atoms with Gasteiger partial charge in [0.05, 0.1) is 5.56 Å². The maximum atomic E-state index is 12.4. The van der Waals surface area contributed by atoms with Gasteiger partial charge in [-0.15, -0.1) is 0 Å². The van der Waals surface area contributed by atoms with Gasteiger partial charge in [0.2, 0.25) is 0 Å². The second-order valence-electron chi connectivity index (χ2n) is 4.79. The van der Waals surface area contributed by atoms with Crippen LogP contribution >= 0.6 is 0 Å². The molecule has 0 spiro atoms. The van der Waals surface area contributed by atoms with Crippen molar-refractivity contribution in [2.75, 3.05) is 0 Å². The predicted molar refractivity (Wildman–Crippen MR) is 85.8 cm³/mol. The van der Waals surface area contributed by atoms with E-state index in [0.29, 0.717) is 11.6 Å². The Morgan fingerprint density at radius 1 is 1.12 bits per heavy atom. The van der Waals surface area contributed by atoms with Gasteiger partial charge in [0, 0.05) is 23.8 Å². The number of carbonyl (C=O) groups excluding carboxylic acids is 2. The number of carbonyl (C=O) groups is 3. The molecule has 2 rings (SSSR count). The third-order valence-electron chi connectivity index (χ3n) is 3.04. The Balaban J connectivity index is 2.16. The van der Waals surface area contributed by atoms with Crippen molar-refractivity contribution >= 4 is 17.7 Å². The van der Waals surface area contributed by atoms with E-state index in [1.54, 1.807) is 18.2 Å². The van der Waals surface area contributed by atoms with Crippen LogP contribution in [0.15, 0.2) is 66.3 Å². The molecule has 0 fully saturated rings. The van der Waals surface area contributed by atoms with E-state index in [1.807, 2.05) is 12.2 Å². The monoisotopic (exact) mass is 326 g/mol. The number of rotatable bonds is 5. The Morgan fingerprint density at radius 2 is 1.92 bits per heavy atom. The Morgan fingerprint density at radius 3 is 2.62 bits per heavy atom. The van der Waals surface area contributed by atoms with Crippen LogP contribution in [0.2, 0.25) is 0 Å². The number of hydrogen-bond acceptors (Lipinski definition) is 5. The summed E-state index contributed by atoms with van der Waals surface area (Å²) in [6, 6.07) is 3.80. The average molecular weight is 326 g/mol. The summed E-state index contributed by atoms with van der Waals surface area (Å²) in [6.45, 7) is 0. The van der Waals surface area contributed by atoms with Crippen LogP contribution in [-0.4, -0.2) is 27.9 Å². The van der Waals surface area contributed by atoms with Crippen LogP contribution in [0.4, 0.5) is 0 Å². The molecule has 0 saturated heterocycles. The number of hydrogen-bond donors (Lipinski definition) is 2. The molecule has 6 heteroatoms. The molecule has 0 atom stereocenters. The zero-order valence-corrected chi connectivity index (χ0v) is 12.5. The molecule has 0 aromatic heterocycles. The Bertz CT molecular complexity index is 796. The van der Waals surface area contributed by atoms with E-state index in [4.69, 9.17) is 9.84 Å². The molecule has 122 valence electrons. The molecule has 0 amide bonds. The van der Waals surface area contributed by atoms with Crippen molar-refractivity contribution in [3.63, 3.8) is 0 Å². The van der Waals surface area contributed by atoms with Crippen LogP contribution in [0.25, 0.3) is 0 Å². The second-order valence-corrected chi connectivity index (χ2v) is 4.79. The fourth-order valence-electron chi connectivity index (χ4n) is 1.94. The highest BCUT2D eigenvalue weighted by molar-refractivity contribution is 6.12. The van der Waals surface area contributed by atoms with E-state index in [1.165, 1.54) is 12.1 Å². The number of aromatic hydroxyl groups is 1. The van der Waals surface area contributed by atoms with Gasteiger partial charge in [-0.05, 0) is 18.6 Å². The Kier molecular flexibility index (Phi) is 5.46. The lowest BCUT2D eigenvalue weighted by Gasteiger charge is -2.07. The number of Topliss-reactive ketones (excluding diaryl/α,β-unsaturated/α-hetero) is 1. The number of carboxylic acid groups (broad SMARTS) is 1. The lowest BCUT2D eigenvalue weighted by molar-refractivity contribution is -0.133. The minimum Gasteiger partial charge on any atom is -0.507 e. The molecule has 1 aromatic carbocycles. The molecule has 1 aliphatic rings. The van der Waals surface area contributed by atoms with Gasteiger partial charge >= 0.3 is 11.9 Å². The highest BCUT2D eigenvalue weighted by Gasteiger charge is 2.16. The van der Waals surface area contributed by atoms with Crippen LogP contribution in [-0.2, 0) is 9.59 Å². The third-order valence-corrected chi connectivity index (χ3v) is 3.04. The van der Waals surface area contributed by atoms with Crippen LogP contribution in [0.3, 0.4) is 0 Å². The molecule has 0 radical (unpaired) electrons. The summed E-state index contributed by atoms with van der Waals surface area (Å²) in [4.78, 5) is 34.1. The van der Waals surface area contributed by atoms with E-state index in [0.717, 1.165) is 18.6 Å². The zero-order valence-electron chi connectivity index (χ0n) is 12.5. The molecule has 0 heterocycles. The van der Waals surface area contributed by atoms with Crippen LogP contribution in [0.1, 0.15) is 16.8 Å². The molecule has 0 aliphatic heterocycles. The summed E-state index contributed by atoms with van der Waals surface area (Å²) in [5.41, 5.74) is 0.496. The maximum absolute atomic E-state index is 12.4. The highest BCUT2D eigenvalue weighted by Crippen LogP contribution is 2.26. The molecule has 24 heavy (non-hydrogen) atoms. The Hall–Kier alpha value is -3.41.